The number of phosphoric acid groups is 2. The summed E-state index contributed by atoms with van der Waals surface area (Å²) in [6, 6.07) is 0. The van der Waals surface area contributed by atoms with Gasteiger partial charge < -0.3 is 33.8 Å². The van der Waals surface area contributed by atoms with Crippen molar-refractivity contribution in [1.82, 2.24) is 0 Å². The van der Waals surface area contributed by atoms with Crippen LogP contribution in [0.25, 0.3) is 0 Å². The van der Waals surface area contributed by atoms with E-state index in [0.29, 0.717) is 25.7 Å². The molecule has 108 heavy (non-hydrogen) atoms. The first-order chi connectivity index (χ1) is 52.7. The smallest absolute Gasteiger partial charge is 0.462 e. The molecule has 0 aliphatic carbocycles. The lowest BCUT2D eigenvalue weighted by Crippen LogP contribution is -2.30. The fourth-order valence-electron chi connectivity index (χ4n) is 14.1. The van der Waals surface area contributed by atoms with Crippen molar-refractivity contribution in [2.45, 2.75) is 508 Å². The third-order valence-corrected chi connectivity index (χ3v) is 23.0. The van der Waals surface area contributed by atoms with Crippen molar-refractivity contribution in [3.05, 3.63) is 0 Å². The molecule has 0 aromatic carbocycles. The van der Waals surface area contributed by atoms with Crippen molar-refractivity contribution < 1.29 is 80.2 Å². The standard InChI is InChI=1S/C89H174O17P2/c1-5-9-13-17-21-25-29-33-36-39-42-45-48-52-56-60-64-68-72-76-89(94)106-85(80-100-87(92)74-70-66-62-58-54-50-46-43-40-37-34-30-26-22-18-14-10-6-2)82-104-108(97,98)102-78-83(90)77-101-107(95,96)103-81-84(79-99-86(91)73-69-65-61-57-53-49-32-28-24-20-16-12-8-4)105-88(93)75-71-67-63-59-55-51-47-44-41-38-35-31-27-23-19-15-11-7-3/h83-85,90H,5-82H2,1-4H3,(H,95,96)(H,97,98)/t83-,84+,85+/m0/s1. The van der Waals surface area contributed by atoms with E-state index >= 15 is 0 Å². The summed E-state index contributed by atoms with van der Waals surface area (Å²) in [6.45, 7) is 5.09. The number of carbonyl (C=O) groups excluding carboxylic acids is 4. The number of phosphoric ester groups is 2. The van der Waals surface area contributed by atoms with Crippen molar-refractivity contribution >= 4 is 39.5 Å². The summed E-state index contributed by atoms with van der Waals surface area (Å²) in [6.07, 6.45) is 79.1. The van der Waals surface area contributed by atoms with Crippen LogP contribution in [0.2, 0.25) is 0 Å². The number of ether oxygens (including phenoxy) is 4. The number of hydrogen-bond acceptors (Lipinski definition) is 15. The summed E-state index contributed by atoms with van der Waals surface area (Å²) in [5.41, 5.74) is 0. The summed E-state index contributed by atoms with van der Waals surface area (Å²) in [5.74, 6) is -2.09. The molecule has 0 amide bonds. The molecule has 0 bridgehead atoms. The van der Waals surface area contributed by atoms with Crippen LogP contribution in [0, 0.1) is 0 Å². The molecule has 642 valence electrons. The number of aliphatic hydroxyl groups excluding tert-OH is 1. The van der Waals surface area contributed by atoms with E-state index in [2.05, 4.69) is 27.7 Å². The molecule has 17 nitrogen and oxygen atoms in total. The SMILES string of the molecule is CCCCCCCCCCCCCCCCCCCCCC(=O)O[C@H](COC(=O)CCCCCCCCCCCCCCCCCCCC)COP(=O)(O)OC[C@@H](O)COP(=O)(O)OC[C@@H](COC(=O)CCCCCCCCCCCCCCC)OC(=O)CCCCCCCCCCCCCCCCCCCC. The number of carbonyl (C=O) groups is 4. The first-order valence-corrected chi connectivity index (χ1v) is 49.3. The van der Waals surface area contributed by atoms with Gasteiger partial charge >= 0.3 is 39.5 Å². The molecule has 0 radical (unpaired) electrons. The monoisotopic (exact) mass is 1580 g/mol. The Kier molecular flexibility index (Phi) is 81.5. The molecule has 0 aromatic heterocycles. The van der Waals surface area contributed by atoms with Crippen LogP contribution in [0.4, 0.5) is 0 Å². The molecule has 0 aliphatic rings. The Balaban J connectivity index is 5.26. The van der Waals surface area contributed by atoms with Crippen molar-refractivity contribution in [3.8, 4) is 0 Å². The average Bonchev–Trinajstić information content (AvgIpc) is 0.893. The lowest BCUT2D eigenvalue weighted by molar-refractivity contribution is -0.161. The Labute approximate surface area is 664 Å². The normalized spacial score (nSPS) is 13.7. The predicted molar refractivity (Wildman–Crippen MR) is 446 cm³/mol. The Morgan fingerprint density at radius 3 is 0.546 bits per heavy atom. The van der Waals surface area contributed by atoms with Gasteiger partial charge in [0.1, 0.15) is 19.3 Å². The molecule has 2 unspecified atom stereocenters. The Bertz CT molecular complexity index is 2030. The molecule has 0 fully saturated rings. The minimum Gasteiger partial charge on any atom is -0.462 e. The van der Waals surface area contributed by atoms with E-state index in [9.17, 15) is 43.2 Å². The molecule has 5 atom stereocenters. The molecule has 3 N–H and O–H groups in total. The first kappa shape index (κ1) is 106. The average molecular weight is 1580 g/mol. The van der Waals surface area contributed by atoms with Gasteiger partial charge in [-0.2, -0.15) is 0 Å². The van der Waals surface area contributed by atoms with Gasteiger partial charge in [-0.3, -0.25) is 37.3 Å². The van der Waals surface area contributed by atoms with E-state index in [-0.39, 0.29) is 25.7 Å². The summed E-state index contributed by atoms with van der Waals surface area (Å²) < 4.78 is 69.1. The van der Waals surface area contributed by atoms with Gasteiger partial charge in [-0.1, -0.05) is 439 Å². The largest absolute Gasteiger partial charge is 0.472 e. The van der Waals surface area contributed by atoms with Gasteiger partial charge in [0.25, 0.3) is 0 Å². The van der Waals surface area contributed by atoms with Crippen LogP contribution >= 0.6 is 15.6 Å². The van der Waals surface area contributed by atoms with E-state index in [0.717, 1.165) is 89.9 Å². The fourth-order valence-corrected chi connectivity index (χ4v) is 15.6. The van der Waals surface area contributed by atoms with Crippen LogP contribution in [0.15, 0.2) is 0 Å². The van der Waals surface area contributed by atoms with Gasteiger partial charge in [0, 0.05) is 25.7 Å². The van der Waals surface area contributed by atoms with Gasteiger partial charge in [0.05, 0.1) is 26.4 Å². The second kappa shape index (κ2) is 83.0. The lowest BCUT2D eigenvalue weighted by Gasteiger charge is -2.21. The van der Waals surface area contributed by atoms with Crippen LogP contribution in [-0.4, -0.2) is 96.7 Å². The predicted octanol–water partition coefficient (Wildman–Crippen LogP) is 27.7. The topological polar surface area (TPSA) is 237 Å². The Morgan fingerprint density at radius 1 is 0.222 bits per heavy atom. The molecule has 0 aliphatic heterocycles. The number of hydrogen-bond donors (Lipinski definition) is 3. The van der Waals surface area contributed by atoms with E-state index in [1.54, 1.807) is 0 Å². The number of unbranched alkanes of at least 4 members (excludes halogenated alkanes) is 64. The van der Waals surface area contributed by atoms with Gasteiger partial charge in [-0.05, 0) is 25.7 Å². The lowest BCUT2D eigenvalue weighted by atomic mass is 10.0. The quantitative estimate of drug-likeness (QED) is 0.0222. The minimum absolute atomic E-state index is 0.110. The van der Waals surface area contributed by atoms with E-state index in [4.69, 9.17) is 37.0 Å². The van der Waals surface area contributed by atoms with Gasteiger partial charge in [-0.15, -0.1) is 0 Å². The highest BCUT2D eigenvalue weighted by atomic mass is 31.2. The van der Waals surface area contributed by atoms with Crippen molar-refractivity contribution in [2.75, 3.05) is 39.6 Å². The van der Waals surface area contributed by atoms with Crippen molar-refractivity contribution in [2.24, 2.45) is 0 Å². The summed E-state index contributed by atoms with van der Waals surface area (Å²) in [4.78, 5) is 73.4. The molecule has 0 aromatic rings. The molecule has 0 saturated carbocycles. The highest BCUT2D eigenvalue weighted by Crippen LogP contribution is 2.45. The summed E-state index contributed by atoms with van der Waals surface area (Å²) in [7, 11) is -9.93. The third kappa shape index (κ3) is 82.1. The molecule has 0 heterocycles. The summed E-state index contributed by atoms with van der Waals surface area (Å²) in [5, 5.41) is 10.7. The highest BCUT2D eigenvalue weighted by Gasteiger charge is 2.30. The zero-order valence-electron chi connectivity index (χ0n) is 70.8. The first-order valence-electron chi connectivity index (χ1n) is 46.3. The molecule has 0 rings (SSSR count). The van der Waals surface area contributed by atoms with Crippen molar-refractivity contribution in [1.29, 1.82) is 0 Å². The van der Waals surface area contributed by atoms with Crippen LogP contribution in [0.1, 0.15) is 490 Å². The number of rotatable bonds is 90. The van der Waals surface area contributed by atoms with Crippen LogP contribution in [0.3, 0.4) is 0 Å². The molecule has 19 heteroatoms. The van der Waals surface area contributed by atoms with Crippen LogP contribution in [0.5, 0.6) is 0 Å². The fraction of sp³-hybridized carbons (Fsp3) is 0.955. The maximum absolute atomic E-state index is 13.2. The van der Waals surface area contributed by atoms with Crippen LogP contribution < -0.4 is 0 Å². The van der Waals surface area contributed by atoms with E-state index in [1.807, 2.05) is 0 Å². The maximum Gasteiger partial charge on any atom is 0.472 e. The van der Waals surface area contributed by atoms with E-state index < -0.39 is 97.5 Å². The number of esters is 4. The second-order valence-corrected chi connectivity index (χ2v) is 34.9. The molecule has 0 saturated heterocycles. The Morgan fingerprint density at radius 2 is 0.370 bits per heavy atom. The minimum atomic E-state index is -4.97. The van der Waals surface area contributed by atoms with Gasteiger partial charge in [0.2, 0.25) is 0 Å². The summed E-state index contributed by atoms with van der Waals surface area (Å²) >= 11 is 0. The van der Waals surface area contributed by atoms with Crippen molar-refractivity contribution in [3.63, 3.8) is 0 Å². The van der Waals surface area contributed by atoms with Gasteiger partial charge in [-0.25, -0.2) is 9.13 Å². The van der Waals surface area contributed by atoms with E-state index in [1.165, 1.54) is 321 Å². The Hall–Kier alpha value is -1.94. The third-order valence-electron chi connectivity index (χ3n) is 21.1. The van der Waals surface area contributed by atoms with Gasteiger partial charge in [0.15, 0.2) is 12.2 Å². The number of aliphatic hydroxyl groups is 1. The van der Waals surface area contributed by atoms with Crippen LogP contribution in [-0.2, 0) is 65.4 Å². The molecular formula is C89H174O17P2. The zero-order chi connectivity index (χ0) is 78.9. The second-order valence-electron chi connectivity index (χ2n) is 32.0. The zero-order valence-corrected chi connectivity index (χ0v) is 72.6. The molecular weight excluding hydrogens is 1400 g/mol. The molecule has 0 spiro atoms. The maximum atomic E-state index is 13.2. The highest BCUT2D eigenvalue weighted by molar-refractivity contribution is 7.47.